The fourth-order valence-corrected chi connectivity index (χ4v) is 4.13. The number of fused-ring (bicyclic) bond motifs is 1. The van der Waals surface area contributed by atoms with E-state index in [1.807, 2.05) is 36.4 Å². The van der Waals surface area contributed by atoms with Crippen molar-refractivity contribution in [2.75, 3.05) is 15.9 Å². The lowest BCUT2D eigenvalue weighted by atomic mass is 10.1. The van der Waals surface area contributed by atoms with Gasteiger partial charge in [-0.3, -0.25) is 9.10 Å². The summed E-state index contributed by atoms with van der Waals surface area (Å²) < 4.78 is 25.7. The van der Waals surface area contributed by atoms with E-state index in [9.17, 15) is 13.2 Å². The first-order valence-electron chi connectivity index (χ1n) is 8.21. The van der Waals surface area contributed by atoms with Crippen LogP contribution >= 0.6 is 0 Å². The molecule has 6 heteroatoms. The van der Waals surface area contributed by atoms with Crippen molar-refractivity contribution in [2.24, 2.45) is 0 Å². The molecule has 0 bridgehead atoms. The molecule has 0 fully saturated rings. The molecule has 0 aliphatic heterocycles. The van der Waals surface area contributed by atoms with E-state index in [-0.39, 0.29) is 0 Å². The van der Waals surface area contributed by atoms with Gasteiger partial charge in [-0.05, 0) is 30.5 Å². The van der Waals surface area contributed by atoms with Crippen molar-refractivity contribution in [1.29, 1.82) is 0 Å². The van der Waals surface area contributed by atoms with Crippen molar-refractivity contribution < 1.29 is 13.2 Å². The summed E-state index contributed by atoms with van der Waals surface area (Å²) in [6.07, 6.45) is 1.10. The SMILES string of the molecule is CC(C(=O)Nc1cccc2ccccc12)N(c1ccccc1)S(C)(=O)=O. The molecule has 0 saturated heterocycles. The molecule has 0 aliphatic carbocycles. The van der Waals surface area contributed by atoms with Crippen LogP contribution in [0.1, 0.15) is 6.92 Å². The van der Waals surface area contributed by atoms with Crippen molar-refractivity contribution in [3.05, 3.63) is 72.8 Å². The Balaban J connectivity index is 1.92. The average molecular weight is 368 g/mol. The van der Waals surface area contributed by atoms with Gasteiger partial charge in [-0.1, -0.05) is 54.6 Å². The summed E-state index contributed by atoms with van der Waals surface area (Å²) >= 11 is 0. The second-order valence-corrected chi connectivity index (χ2v) is 7.95. The number of nitrogens with zero attached hydrogens (tertiary/aromatic N) is 1. The molecule has 0 spiro atoms. The molecule has 0 aromatic heterocycles. The zero-order valence-corrected chi connectivity index (χ0v) is 15.4. The van der Waals surface area contributed by atoms with Gasteiger partial charge in [-0.25, -0.2) is 8.42 Å². The molecule has 1 amide bonds. The zero-order valence-electron chi connectivity index (χ0n) is 14.6. The first kappa shape index (κ1) is 17.9. The minimum Gasteiger partial charge on any atom is -0.324 e. The monoisotopic (exact) mass is 368 g/mol. The minimum atomic E-state index is -3.62. The minimum absolute atomic E-state index is 0.393. The molecular formula is C20H20N2O3S. The largest absolute Gasteiger partial charge is 0.324 e. The standard InChI is InChI=1S/C20H20N2O3S/c1-15(22(26(2,24)25)17-11-4-3-5-12-17)20(23)21-19-14-8-10-16-9-6-7-13-18(16)19/h3-15H,1-2H3,(H,21,23). The number of nitrogens with one attached hydrogen (secondary N) is 1. The summed E-state index contributed by atoms with van der Waals surface area (Å²) in [5.41, 5.74) is 1.11. The third kappa shape index (κ3) is 3.70. The summed E-state index contributed by atoms with van der Waals surface area (Å²) in [6, 6.07) is 21.0. The van der Waals surface area contributed by atoms with Crippen LogP contribution in [0.25, 0.3) is 10.8 Å². The molecule has 134 valence electrons. The van der Waals surface area contributed by atoms with Crippen LogP contribution in [0.15, 0.2) is 72.8 Å². The number of para-hydroxylation sites is 1. The van der Waals surface area contributed by atoms with E-state index < -0.39 is 22.0 Å². The van der Waals surface area contributed by atoms with Crippen LogP contribution in [-0.4, -0.2) is 26.6 Å². The normalized spacial score (nSPS) is 12.5. The lowest BCUT2D eigenvalue weighted by Gasteiger charge is -2.28. The van der Waals surface area contributed by atoms with Crippen molar-refractivity contribution in [3.8, 4) is 0 Å². The number of sulfonamides is 1. The highest BCUT2D eigenvalue weighted by Crippen LogP contribution is 2.25. The molecule has 1 N–H and O–H groups in total. The van der Waals surface area contributed by atoms with E-state index >= 15 is 0 Å². The van der Waals surface area contributed by atoms with Gasteiger partial charge in [0.25, 0.3) is 0 Å². The van der Waals surface area contributed by atoms with E-state index in [4.69, 9.17) is 0 Å². The maximum atomic E-state index is 12.8. The molecule has 3 aromatic carbocycles. The summed E-state index contributed by atoms with van der Waals surface area (Å²) in [7, 11) is -3.62. The molecule has 0 heterocycles. The van der Waals surface area contributed by atoms with Gasteiger partial charge in [0, 0.05) is 11.1 Å². The lowest BCUT2D eigenvalue weighted by Crippen LogP contribution is -2.45. The number of carbonyl (C=O) groups excluding carboxylic acids is 1. The van der Waals surface area contributed by atoms with E-state index in [1.54, 1.807) is 43.3 Å². The van der Waals surface area contributed by atoms with Gasteiger partial charge in [-0.15, -0.1) is 0 Å². The molecule has 3 rings (SSSR count). The summed E-state index contributed by atoms with van der Waals surface area (Å²) in [5, 5.41) is 4.77. The fourth-order valence-electron chi connectivity index (χ4n) is 2.96. The third-order valence-electron chi connectivity index (χ3n) is 4.15. The molecule has 3 aromatic rings. The van der Waals surface area contributed by atoms with E-state index in [1.165, 1.54) is 0 Å². The Hall–Kier alpha value is -2.86. The summed E-state index contributed by atoms with van der Waals surface area (Å²) in [5.74, 6) is -0.393. The van der Waals surface area contributed by atoms with Crippen molar-refractivity contribution in [3.63, 3.8) is 0 Å². The Kier molecular flexibility index (Phi) is 4.95. The van der Waals surface area contributed by atoms with Crippen LogP contribution in [-0.2, 0) is 14.8 Å². The lowest BCUT2D eigenvalue weighted by molar-refractivity contribution is -0.116. The highest BCUT2D eigenvalue weighted by molar-refractivity contribution is 7.92. The molecule has 1 unspecified atom stereocenters. The van der Waals surface area contributed by atoms with Crippen LogP contribution < -0.4 is 9.62 Å². The second kappa shape index (κ2) is 7.17. The average Bonchev–Trinajstić information content (AvgIpc) is 2.62. The second-order valence-electron chi connectivity index (χ2n) is 6.09. The van der Waals surface area contributed by atoms with Gasteiger partial charge in [-0.2, -0.15) is 0 Å². The Labute approximate surface area is 153 Å². The van der Waals surface area contributed by atoms with E-state index in [0.717, 1.165) is 21.3 Å². The number of anilines is 2. The first-order chi connectivity index (χ1) is 12.4. The van der Waals surface area contributed by atoms with Crippen LogP contribution in [0.5, 0.6) is 0 Å². The predicted octanol–water partition coefficient (Wildman–Crippen LogP) is 3.63. The van der Waals surface area contributed by atoms with E-state index in [0.29, 0.717) is 11.4 Å². The van der Waals surface area contributed by atoms with Crippen LogP contribution in [0.4, 0.5) is 11.4 Å². The van der Waals surface area contributed by atoms with E-state index in [2.05, 4.69) is 5.32 Å². The zero-order chi connectivity index (χ0) is 18.7. The molecule has 26 heavy (non-hydrogen) atoms. The number of benzene rings is 3. The Morgan fingerprint density at radius 1 is 0.923 bits per heavy atom. The van der Waals surface area contributed by atoms with Gasteiger partial charge in [0.05, 0.1) is 11.9 Å². The van der Waals surface area contributed by atoms with Crippen LogP contribution in [0.2, 0.25) is 0 Å². The number of amides is 1. The van der Waals surface area contributed by atoms with Crippen molar-refractivity contribution >= 4 is 38.1 Å². The molecule has 0 aliphatic rings. The fraction of sp³-hybridized carbons (Fsp3) is 0.150. The van der Waals surface area contributed by atoms with Gasteiger partial charge in [0.1, 0.15) is 6.04 Å². The van der Waals surface area contributed by atoms with Gasteiger partial charge >= 0.3 is 0 Å². The molecule has 0 saturated carbocycles. The molecular weight excluding hydrogens is 348 g/mol. The number of hydrogen-bond acceptors (Lipinski definition) is 3. The Bertz CT molecular complexity index is 1030. The maximum absolute atomic E-state index is 12.8. The topological polar surface area (TPSA) is 66.5 Å². The van der Waals surface area contributed by atoms with Crippen molar-refractivity contribution in [1.82, 2.24) is 0 Å². The summed E-state index contributed by atoms with van der Waals surface area (Å²) in [4.78, 5) is 12.8. The van der Waals surface area contributed by atoms with Gasteiger partial charge < -0.3 is 5.32 Å². The number of rotatable bonds is 5. The number of hydrogen-bond donors (Lipinski definition) is 1. The molecule has 1 atom stereocenters. The predicted molar refractivity (Wildman–Crippen MR) is 106 cm³/mol. The van der Waals surface area contributed by atoms with Crippen molar-refractivity contribution in [2.45, 2.75) is 13.0 Å². The maximum Gasteiger partial charge on any atom is 0.248 e. The molecule has 5 nitrogen and oxygen atoms in total. The van der Waals surface area contributed by atoms with Crippen LogP contribution in [0, 0.1) is 0 Å². The Morgan fingerprint density at radius 3 is 2.23 bits per heavy atom. The highest BCUT2D eigenvalue weighted by Gasteiger charge is 2.29. The highest BCUT2D eigenvalue weighted by atomic mass is 32.2. The smallest absolute Gasteiger partial charge is 0.248 e. The molecule has 0 radical (unpaired) electrons. The number of carbonyl (C=O) groups is 1. The quantitative estimate of drug-likeness (QED) is 0.748. The summed E-state index contributed by atoms with van der Waals surface area (Å²) in [6.45, 7) is 1.58. The van der Waals surface area contributed by atoms with Gasteiger partial charge in [0.2, 0.25) is 15.9 Å². The van der Waals surface area contributed by atoms with Gasteiger partial charge in [0.15, 0.2) is 0 Å². The van der Waals surface area contributed by atoms with Crippen LogP contribution in [0.3, 0.4) is 0 Å². The first-order valence-corrected chi connectivity index (χ1v) is 10.1. The Morgan fingerprint density at radius 2 is 1.54 bits per heavy atom. The third-order valence-corrected chi connectivity index (χ3v) is 5.39.